The van der Waals surface area contributed by atoms with Crippen molar-refractivity contribution in [1.29, 1.82) is 0 Å². The zero-order valence-corrected chi connectivity index (χ0v) is 11.6. The van der Waals surface area contributed by atoms with Crippen molar-refractivity contribution in [2.45, 2.75) is 0 Å². The number of pyridine rings is 1. The first kappa shape index (κ1) is 13.2. The zero-order valence-electron chi connectivity index (χ0n) is 11.6. The number of nitrogens with zero attached hydrogens (tertiary/aromatic N) is 2. The summed E-state index contributed by atoms with van der Waals surface area (Å²) in [6.45, 7) is -0.0314. The molecule has 0 aliphatic carbocycles. The maximum Gasteiger partial charge on any atom is 0.262 e. The van der Waals surface area contributed by atoms with Gasteiger partial charge in [0, 0.05) is 36.7 Å². The Balaban J connectivity index is 1.68. The van der Waals surface area contributed by atoms with Crippen LogP contribution in [0.1, 0.15) is 0 Å². The number of rotatable bonds is 4. The molecule has 0 unspecified atom stereocenters. The van der Waals surface area contributed by atoms with Crippen LogP contribution in [0.25, 0.3) is 10.9 Å². The first-order valence-corrected chi connectivity index (χ1v) is 6.61. The maximum atomic E-state index is 11.9. The molecular weight excluding hydrogens is 266 g/mol. The van der Waals surface area contributed by atoms with Crippen molar-refractivity contribution >= 4 is 22.5 Å². The molecule has 0 radical (unpaired) electrons. The molecule has 5 nitrogen and oxygen atoms in total. The summed E-state index contributed by atoms with van der Waals surface area (Å²) in [5.41, 5.74) is 1.78. The molecule has 0 saturated heterocycles. The van der Waals surface area contributed by atoms with Crippen molar-refractivity contribution in [3.8, 4) is 5.75 Å². The Labute approximate surface area is 122 Å². The number of nitrogens with one attached hydrogen (secondary N) is 1. The number of carbonyl (C=O) groups excluding carboxylic acids is 1. The smallest absolute Gasteiger partial charge is 0.262 e. The van der Waals surface area contributed by atoms with Crippen LogP contribution in [0, 0.1) is 0 Å². The molecule has 0 aliphatic heterocycles. The predicted molar refractivity (Wildman–Crippen MR) is 81.3 cm³/mol. The fraction of sp³-hybridized carbons (Fsp3) is 0.125. The molecule has 0 spiro atoms. The quantitative estimate of drug-likeness (QED) is 0.799. The Bertz CT molecular complexity index is 766. The Morgan fingerprint density at radius 2 is 2.05 bits per heavy atom. The first-order valence-electron chi connectivity index (χ1n) is 6.61. The summed E-state index contributed by atoms with van der Waals surface area (Å²) in [5.74, 6) is 0.507. The second kappa shape index (κ2) is 5.66. The molecule has 5 heteroatoms. The third kappa shape index (κ3) is 2.86. The van der Waals surface area contributed by atoms with Crippen molar-refractivity contribution in [3.05, 3.63) is 55.0 Å². The van der Waals surface area contributed by atoms with Crippen LogP contribution in [0.3, 0.4) is 0 Å². The molecule has 0 aliphatic rings. The van der Waals surface area contributed by atoms with Crippen LogP contribution < -0.4 is 10.1 Å². The van der Waals surface area contributed by atoms with Gasteiger partial charge in [0.05, 0.1) is 5.52 Å². The molecule has 21 heavy (non-hydrogen) atoms. The lowest BCUT2D eigenvalue weighted by Gasteiger charge is -2.08. The first-order chi connectivity index (χ1) is 10.2. The molecule has 0 bridgehead atoms. The third-order valence-electron chi connectivity index (χ3n) is 3.21. The summed E-state index contributed by atoms with van der Waals surface area (Å²) in [7, 11) is 1.97. The summed E-state index contributed by atoms with van der Waals surface area (Å²) >= 11 is 0. The van der Waals surface area contributed by atoms with Gasteiger partial charge in [0.25, 0.3) is 5.91 Å². The van der Waals surface area contributed by atoms with Crippen molar-refractivity contribution in [2.24, 2.45) is 7.05 Å². The van der Waals surface area contributed by atoms with E-state index in [2.05, 4.69) is 10.3 Å². The minimum Gasteiger partial charge on any atom is -0.483 e. The average Bonchev–Trinajstić information content (AvgIpc) is 2.88. The Morgan fingerprint density at radius 1 is 1.24 bits per heavy atom. The number of benzene rings is 1. The van der Waals surface area contributed by atoms with E-state index in [4.69, 9.17) is 4.74 Å². The highest BCUT2D eigenvalue weighted by Gasteiger charge is 2.07. The van der Waals surface area contributed by atoms with Crippen LogP contribution in [-0.4, -0.2) is 22.1 Å². The molecule has 0 saturated carbocycles. The molecular formula is C16H15N3O2. The summed E-state index contributed by atoms with van der Waals surface area (Å²) < 4.78 is 7.64. The van der Waals surface area contributed by atoms with E-state index in [1.807, 2.05) is 42.1 Å². The van der Waals surface area contributed by atoms with E-state index in [0.29, 0.717) is 11.4 Å². The maximum absolute atomic E-state index is 11.9. The lowest BCUT2D eigenvalue weighted by molar-refractivity contribution is -0.118. The van der Waals surface area contributed by atoms with E-state index in [1.165, 1.54) is 0 Å². The fourth-order valence-corrected chi connectivity index (χ4v) is 2.18. The van der Waals surface area contributed by atoms with Gasteiger partial charge in [0.1, 0.15) is 5.75 Å². The lowest BCUT2D eigenvalue weighted by atomic mass is 10.2. The highest BCUT2D eigenvalue weighted by molar-refractivity contribution is 5.92. The number of hydrogen-bond donors (Lipinski definition) is 1. The molecule has 2 aromatic heterocycles. The molecule has 0 fully saturated rings. The van der Waals surface area contributed by atoms with Crippen molar-refractivity contribution in [1.82, 2.24) is 9.55 Å². The number of hydrogen-bond acceptors (Lipinski definition) is 3. The summed E-state index contributed by atoms with van der Waals surface area (Å²) in [4.78, 5) is 15.8. The Kier molecular flexibility index (Phi) is 3.55. The largest absolute Gasteiger partial charge is 0.483 e. The van der Waals surface area contributed by atoms with Gasteiger partial charge in [-0.1, -0.05) is 6.07 Å². The second-order valence-electron chi connectivity index (χ2n) is 4.69. The van der Waals surface area contributed by atoms with E-state index in [9.17, 15) is 4.79 Å². The van der Waals surface area contributed by atoms with Crippen molar-refractivity contribution in [2.75, 3.05) is 11.9 Å². The van der Waals surface area contributed by atoms with Crippen LogP contribution in [0.15, 0.2) is 55.0 Å². The van der Waals surface area contributed by atoms with Crippen LogP contribution in [-0.2, 0) is 11.8 Å². The van der Waals surface area contributed by atoms with Crippen LogP contribution in [0.2, 0.25) is 0 Å². The van der Waals surface area contributed by atoms with E-state index in [-0.39, 0.29) is 12.5 Å². The van der Waals surface area contributed by atoms with Gasteiger partial charge < -0.3 is 14.6 Å². The lowest BCUT2D eigenvalue weighted by Crippen LogP contribution is -2.20. The standard InChI is InChI=1S/C16H15N3O2/c1-19-10-7-13-14(19)3-2-4-15(13)21-11-16(20)18-12-5-8-17-9-6-12/h2-10H,11H2,1H3,(H,17,18,20). The zero-order chi connectivity index (χ0) is 14.7. The van der Waals surface area contributed by atoms with E-state index in [0.717, 1.165) is 10.9 Å². The van der Waals surface area contributed by atoms with Crippen LogP contribution >= 0.6 is 0 Å². The number of amides is 1. The van der Waals surface area contributed by atoms with Gasteiger partial charge in [-0.15, -0.1) is 0 Å². The number of fused-ring (bicyclic) bond motifs is 1. The number of carbonyl (C=O) groups is 1. The molecule has 3 aromatic rings. The van der Waals surface area contributed by atoms with Gasteiger partial charge in [-0.05, 0) is 30.3 Å². The van der Waals surface area contributed by atoms with Crippen LogP contribution in [0.5, 0.6) is 5.75 Å². The number of aromatic nitrogens is 2. The van der Waals surface area contributed by atoms with Crippen LogP contribution in [0.4, 0.5) is 5.69 Å². The Hall–Kier alpha value is -2.82. The van der Waals surface area contributed by atoms with E-state index >= 15 is 0 Å². The molecule has 0 atom stereocenters. The van der Waals surface area contributed by atoms with E-state index in [1.54, 1.807) is 24.5 Å². The summed E-state index contributed by atoms with van der Waals surface area (Å²) in [6.07, 6.45) is 5.22. The van der Waals surface area contributed by atoms with Gasteiger partial charge >= 0.3 is 0 Å². The van der Waals surface area contributed by atoms with Crippen molar-refractivity contribution < 1.29 is 9.53 Å². The topological polar surface area (TPSA) is 56.1 Å². The number of aryl methyl sites for hydroxylation is 1. The highest BCUT2D eigenvalue weighted by Crippen LogP contribution is 2.25. The third-order valence-corrected chi connectivity index (χ3v) is 3.21. The average molecular weight is 281 g/mol. The summed E-state index contributed by atoms with van der Waals surface area (Å²) in [6, 6.07) is 11.2. The number of anilines is 1. The van der Waals surface area contributed by atoms with Crippen molar-refractivity contribution in [3.63, 3.8) is 0 Å². The molecule has 1 aromatic carbocycles. The van der Waals surface area contributed by atoms with Gasteiger partial charge in [-0.25, -0.2) is 0 Å². The number of ether oxygens (including phenoxy) is 1. The SMILES string of the molecule is Cn1ccc2c(OCC(=O)Nc3ccncc3)cccc21. The fourth-order valence-electron chi connectivity index (χ4n) is 2.18. The minimum absolute atomic E-state index is 0.0314. The molecule has 3 rings (SSSR count). The second-order valence-corrected chi connectivity index (χ2v) is 4.69. The highest BCUT2D eigenvalue weighted by atomic mass is 16.5. The monoisotopic (exact) mass is 281 g/mol. The van der Waals surface area contributed by atoms with Gasteiger partial charge in [0.2, 0.25) is 0 Å². The Morgan fingerprint density at radius 3 is 2.86 bits per heavy atom. The molecule has 2 heterocycles. The van der Waals surface area contributed by atoms with Gasteiger partial charge in [-0.3, -0.25) is 9.78 Å². The normalized spacial score (nSPS) is 10.5. The molecule has 1 N–H and O–H groups in total. The van der Waals surface area contributed by atoms with Gasteiger partial charge in [-0.2, -0.15) is 0 Å². The van der Waals surface area contributed by atoms with E-state index < -0.39 is 0 Å². The molecule has 1 amide bonds. The molecule has 106 valence electrons. The summed E-state index contributed by atoms with van der Waals surface area (Å²) in [5, 5.41) is 3.75. The predicted octanol–water partition coefficient (Wildman–Crippen LogP) is 2.59. The van der Waals surface area contributed by atoms with Gasteiger partial charge in [0.15, 0.2) is 6.61 Å². The minimum atomic E-state index is -0.200.